The van der Waals surface area contributed by atoms with E-state index in [0.29, 0.717) is 46.6 Å². The van der Waals surface area contributed by atoms with Crippen LogP contribution in [0, 0.1) is 29.4 Å². The number of hydrogen-bond acceptors (Lipinski definition) is 4. The minimum Gasteiger partial charge on any atom is -0.452 e. The van der Waals surface area contributed by atoms with E-state index in [1.807, 2.05) is 31.4 Å². The molecule has 4 nitrogen and oxygen atoms in total. The van der Waals surface area contributed by atoms with E-state index in [9.17, 15) is 14.0 Å². The van der Waals surface area contributed by atoms with Crippen LogP contribution in [0.1, 0.15) is 59.2 Å². The topological polar surface area (TPSA) is 43.4 Å². The van der Waals surface area contributed by atoms with Crippen LogP contribution in [-0.4, -0.2) is 42.4 Å². The van der Waals surface area contributed by atoms with E-state index >= 15 is 4.39 Å². The maximum absolute atomic E-state index is 15.0. The number of Topliss-reactive ketones (excluding diaryl/α,β-unsaturated/α-hetero) is 1. The zero-order valence-corrected chi connectivity index (χ0v) is 22.7. The van der Waals surface area contributed by atoms with Gasteiger partial charge in [-0.1, -0.05) is 44.2 Å². The summed E-state index contributed by atoms with van der Waals surface area (Å²) >= 11 is 1.45. The Morgan fingerprint density at radius 2 is 1.79 bits per heavy atom. The molecule has 200 valence electrons. The molecule has 38 heavy (non-hydrogen) atoms. The highest BCUT2D eigenvalue weighted by molar-refractivity contribution is 7.12. The summed E-state index contributed by atoms with van der Waals surface area (Å²) in [6.07, 6.45) is 1.41. The van der Waals surface area contributed by atoms with Gasteiger partial charge in [0.2, 0.25) is 5.78 Å². The highest BCUT2D eigenvalue weighted by atomic mass is 32.1. The molecular weight excluding hydrogens is 504 g/mol. The number of halogens is 2. The van der Waals surface area contributed by atoms with E-state index in [2.05, 4.69) is 0 Å². The number of carbonyl (C=O) groups is 2. The number of piperidine rings is 3. The first kappa shape index (κ1) is 26.7. The van der Waals surface area contributed by atoms with Crippen molar-refractivity contribution in [1.29, 1.82) is 0 Å². The minimum absolute atomic E-state index is 0.113. The Bertz CT molecular complexity index is 1300. The summed E-state index contributed by atoms with van der Waals surface area (Å²) in [5.41, 5.74) is 1.55. The van der Waals surface area contributed by atoms with E-state index in [1.54, 1.807) is 24.3 Å². The molecule has 2 atom stereocenters. The van der Waals surface area contributed by atoms with Crippen LogP contribution in [0.4, 0.5) is 8.78 Å². The number of ketones is 1. The summed E-state index contributed by atoms with van der Waals surface area (Å²) in [5.74, 6) is -0.907. The average molecular weight is 539 g/mol. The van der Waals surface area contributed by atoms with Crippen LogP contribution in [0.15, 0.2) is 60.0 Å². The Morgan fingerprint density at radius 1 is 1.03 bits per heavy atom. The van der Waals surface area contributed by atoms with Gasteiger partial charge in [-0.15, -0.1) is 11.3 Å². The van der Waals surface area contributed by atoms with Gasteiger partial charge in [-0.25, -0.2) is 8.78 Å². The van der Waals surface area contributed by atoms with Gasteiger partial charge < -0.3 is 9.22 Å². The number of carbonyl (C=O) groups excluding carboxylic acids is 2. The summed E-state index contributed by atoms with van der Waals surface area (Å²) in [6, 6.07) is 14.6. The fourth-order valence-electron chi connectivity index (χ4n) is 6.13. The largest absolute Gasteiger partial charge is 0.452 e. The average Bonchev–Trinajstić information content (AvgIpc) is 3.44. The third-order valence-electron chi connectivity index (χ3n) is 8.07. The number of thiophene rings is 1. The highest BCUT2D eigenvalue weighted by Crippen LogP contribution is 2.40. The molecule has 0 amide bonds. The monoisotopic (exact) mass is 538 g/mol. The first-order chi connectivity index (χ1) is 18.2. The van der Waals surface area contributed by atoms with Crippen LogP contribution in [0.2, 0.25) is 0 Å². The summed E-state index contributed by atoms with van der Waals surface area (Å²) in [5, 5.41) is 1.90. The van der Waals surface area contributed by atoms with E-state index in [-0.39, 0.29) is 29.4 Å². The number of nitrogens with zero attached hydrogens (tertiary/aromatic N) is 1. The SMILES string of the molecule is CC(C)Cc1ccc(C(OC(=O)C2C[N+]3(CC(=O)c4cccs4)CCC2CC3)c2cccc(F)c2)cc1F. The minimum atomic E-state index is -0.919. The second-order valence-electron chi connectivity index (χ2n) is 11.3. The zero-order valence-electron chi connectivity index (χ0n) is 21.9. The molecule has 0 radical (unpaired) electrons. The fourth-order valence-corrected chi connectivity index (χ4v) is 6.79. The van der Waals surface area contributed by atoms with Crippen LogP contribution >= 0.6 is 11.3 Å². The molecule has 0 saturated carbocycles. The molecule has 0 aliphatic carbocycles. The van der Waals surface area contributed by atoms with Gasteiger partial charge in [0, 0.05) is 12.8 Å². The van der Waals surface area contributed by atoms with Crippen LogP contribution in [-0.2, 0) is 16.0 Å². The number of esters is 1. The number of hydrogen-bond donors (Lipinski definition) is 0. The van der Waals surface area contributed by atoms with Gasteiger partial charge in [-0.05, 0) is 64.6 Å². The van der Waals surface area contributed by atoms with Gasteiger partial charge in [0.05, 0.1) is 24.5 Å². The van der Waals surface area contributed by atoms with Crippen molar-refractivity contribution in [2.24, 2.45) is 17.8 Å². The third-order valence-corrected chi connectivity index (χ3v) is 8.98. The molecule has 7 heteroatoms. The molecule has 2 bridgehead atoms. The quantitative estimate of drug-likeness (QED) is 0.175. The Balaban J connectivity index is 1.38. The van der Waals surface area contributed by atoms with Crippen molar-refractivity contribution in [3.05, 3.63) is 93.2 Å². The second kappa shape index (κ2) is 11.1. The molecule has 3 aliphatic rings. The van der Waals surface area contributed by atoms with E-state index in [0.717, 1.165) is 30.8 Å². The van der Waals surface area contributed by atoms with E-state index < -0.39 is 11.9 Å². The molecule has 3 aliphatic heterocycles. The normalized spacial score (nSPS) is 23.4. The van der Waals surface area contributed by atoms with Crippen molar-refractivity contribution in [3.63, 3.8) is 0 Å². The van der Waals surface area contributed by atoms with Gasteiger partial charge in [0.25, 0.3) is 0 Å². The molecule has 3 aromatic rings. The molecule has 0 N–H and O–H groups in total. The van der Waals surface area contributed by atoms with E-state index in [1.165, 1.54) is 29.5 Å². The lowest BCUT2D eigenvalue weighted by molar-refractivity contribution is -0.938. The maximum atomic E-state index is 15.0. The fraction of sp³-hybridized carbons (Fsp3) is 0.419. The first-order valence-electron chi connectivity index (χ1n) is 13.4. The maximum Gasteiger partial charge on any atom is 0.315 e. The van der Waals surface area contributed by atoms with Gasteiger partial charge >= 0.3 is 5.97 Å². The Hall–Kier alpha value is -2.90. The number of quaternary nitrogens is 1. The van der Waals surface area contributed by atoms with Crippen molar-refractivity contribution in [2.45, 2.75) is 39.2 Å². The number of fused-ring (bicyclic) bond motifs is 3. The zero-order chi connectivity index (χ0) is 26.9. The van der Waals surface area contributed by atoms with E-state index in [4.69, 9.17) is 4.74 Å². The van der Waals surface area contributed by atoms with Gasteiger partial charge in [0.1, 0.15) is 24.1 Å². The predicted molar refractivity (Wildman–Crippen MR) is 144 cm³/mol. The predicted octanol–water partition coefficient (Wildman–Crippen LogP) is 6.60. The Labute approximate surface area is 226 Å². The molecule has 1 aromatic heterocycles. The first-order valence-corrected chi connectivity index (χ1v) is 14.3. The Morgan fingerprint density at radius 3 is 2.45 bits per heavy atom. The van der Waals surface area contributed by atoms with Gasteiger partial charge in [0.15, 0.2) is 6.10 Å². The summed E-state index contributed by atoms with van der Waals surface area (Å²) < 4.78 is 35.9. The van der Waals surface area contributed by atoms with Gasteiger partial charge in [-0.2, -0.15) is 0 Å². The molecule has 6 rings (SSSR count). The third kappa shape index (κ3) is 5.74. The lowest BCUT2D eigenvalue weighted by Crippen LogP contribution is -2.64. The van der Waals surface area contributed by atoms with Gasteiger partial charge in [-0.3, -0.25) is 9.59 Å². The molecule has 2 unspecified atom stereocenters. The van der Waals surface area contributed by atoms with Crippen molar-refractivity contribution >= 4 is 23.1 Å². The molecule has 0 spiro atoms. The second-order valence-corrected chi connectivity index (χ2v) is 12.2. The van der Waals surface area contributed by atoms with Crippen molar-refractivity contribution in [1.82, 2.24) is 0 Å². The molecular formula is C31H34F2NO3S+. The summed E-state index contributed by atoms with van der Waals surface area (Å²) in [6.45, 7) is 6.75. The standard InChI is InChI=1S/C31H34F2NO3S/c1-20(2)15-22-8-9-24(17-27(22)33)30(23-5-3-6-25(32)16-23)37-31(36)26-18-34(12-10-21(26)11-13-34)19-28(35)29-7-4-14-38-29/h3-9,14,16-17,20-21,26,30H,10-13,15,18-19H2,1-2H3/q+1. The van der Waals surface area contributed by atoms with Crippen molar-refractivity contribution < 1.29 is 27.6 Å². The summed E-state index contributed by atoms with van der Waals surface area (Å²) in [4.78, 5) is 27.4. The molecule has 2 aromatic carbocycles. The van der Waals surface area contributed by atoms with Crippen LogP contribution in [0.5, 0.6) is 0 Å². The Kier molecular flexibility index (Phi) is 7.78. The molecule has 3 fully saturated rings. The van der Waals surface area contributed by atoms with Crippen LogP contribution < -0.4 is 0 Å². The van der Waals surface area contributed by atoms with Crippen molar-refractivity contribution in [3.8, 4) is 0 Å². The lowest BCUT2D eigenvalue weighted by Gasteiger charge is -2.51. The molecule has 3 saturated heterocycles. The molecule has 4 heterocycles. The number of ether oxygens (including phenoxy) is 1. The lowest BCUT2D eigenvalue weighted by atomic mass is 9.77. The van der Waals surface area contributed by atoms with Crippen molar-refractivity contribution in [2.75, 3.05) is 26.2 Å². The number of benzene rings is 2. The highest BCUT2D eigenvalue weighted by Gasteiger charge is 2.50. The van der Waals surface area contributed by atoms with Crippen LogP contribution in [0.25, 0.3) is 0 Å². The number of rotatable bonds is 9. The smallest absolute Gasteiger partial charge is 0.315 e. The van der Waals surface area contributed by atoms with Crippen LogP contribution in [0.3, 0.4) is 0 Å². The summed E-state index contributed by atoms with van der Waals surface area (Å²) in [7, 11) is 0.